The Kier molecular flexibility index (Phi) is 9.84. The highest BCUT2D eigenvalue weighted by Crippen LogP contribution is 2.32. The Bertz CT molecular complexity index is 807. The molecule has 164 valence electrons. The van der Waals surface area contributed by atoms with E-state index in [0.717, 1.165) is 66.9 Å². The van der Waals surface area contributed by atoms with Gasteiger partial charge in [-0.15, -0.1) is 0 Å². The van der Waals surface area contributed by atoms with Gasteiger partial charge in [0.15, 0.2) is 0 Å². The quantitative estimate of drug-likeness (QED) is 0.492. The third-order valence-electron chi connectivity index (χ3n) is 5.22. The van der Waals surface area contributed by atoms with Crippen molar-refractivity contribution < 1.29 is 4.74 Å². The van der Waals surface area contributed by atoms with Gasteiger partial charge in [-0.1, -0.05) is 36.8 Å². The maximum Gasteiger partial charge on any atom is 0.126 e. The second-order valence-electron chi connectivity index (χ2n) is 7.73. The molecule has 30 heavy (non-hydrogen) atoms. The van der Waals surface area contributed by atoms with E-state index in [1.165, 1.54) is 5.56 Å². The molecule has 1 aliphatic rings. The average Bonchev–Trinajstić information content (AvgIpc) is 2.77. The molecule has 0 saturated carbocycles. The summed E-state index contributed by atoms with van der Waals surface area (Å²) in [5.74, 6) is 1.49. The molecule has 0 bridgehead atoms. The van der Waals surface area contributed by atoms with Crippen LogP contribution in [0.2, 0.25) is 0 Å². The van der Waals surface area contributed by atoms with Crippen molar-refractivity contribution in [3.8, 4) is 16.9 Å². The Labute approximate surface area is 181 Å². The van der Waals surface area contributed by atoms with Crippen molar-refractivity contribution in [2.45, 2.75) is 53.1 Å². The molecule has 5 nitrogen and oxygen atoms in total. The summed E-state index contributed by atoms with van der Waals surface area (Å²) in [7, 11) is 0. The van der Waals surface area contributed by atoms with Crippen LogP contribution >= 0.6 is 0 Å². The number of hydrogen-bond donors (Lipinski definition) is 3. The molecule has 1 saturated heterocycles. The van der Waals surface area contributed by atoms with Crippen molar-refractivity contribution in [3.05, 3.63) is 53.1 Å². The molecule has 0 aliphatic carbocycles. The van der Waals surface area contributed by atoms with Crippen molar-refractivity contribution in [1.29, 1.82) is 0 Å². The van der Waals surface area contributed by atoms with E-state index in [2.05, 4.69) is 67.5 Å². The highest BCUT2D eigenvalue weighted by molar-refractivity contribution is 6.00. The van der Waals surface area contributed by atoms with Crippen LogP contribution in [0.3, 0.4) is 0 Å². The number of aliphatic imine (C=N–C) groups is 1. The van der Waals surface area contributed by atoms with Crippen LogP contribution in [-0.4, -0.2) is 38.1 Å². The Morgan fingerprint density at radius 1 is 1.07 bits per heavy atom. The summed E-state index contributed by atoms with van der Waals surface area (Å²) in [6.07, 6.45) is 3.41. The first-order valence-corrected chi connectivity index (χ1v) is 11.1. The van der Waals surface area contributed by atoms with Crippen molar-refractivity contribution in [2.75, 3.05) is 26.2 Å². The summed E-state index contributed by atoms with van der Waals surface area (Å²) in [6, 6.07) is 12.8. The first kappa shape index (κ1) is 23.9. The summed E-state index contributed by atoms with van der Waals surface area (Å²) in [6.45, 7) is 11.7. The molecular formula is C25H38N4O. The van der Waals surface area contributed by atoms with Crippen LogP contribution in [-0.2, 0) is 0 Å². The highest BCUT2D eigenvalue weighted by atomic mass is 16.5. The lowest BCUT2D eigenvalue weighted by molar-refractivity contribution is 0.161. The lowest BCUT2D eigenvalue weighted by Gasteiger charge is -2.25. The second kappa shape index (κ2) is 12.4. The normalized spacial score (nSPS) is 14.8. The van der Waals surface area contributed by atoms with E-state index < -0.39 is 0 Å². The molecule has 3 rings (SSSR count). The van der Waals surface area contributed by atoms with E-state index in [1.54, 1.807) is 0 Å². The number of ether oxygens (including phenoxy) is 1. The SMILES string of the molecule is CCCN.CCN=C(N)c1cc(-c2ccc(C)cc2)cc(OC2CCNCC2)c1C. The molecule has 0 atom stereocenters. The van der Waals surface area contributed by atoms with E-state index in [0.29, 0.717) is 12.4 Å². The van der Waals surface area contributed by atoms with Gasteiger partial charge in [-0.2, -0.15) is 0 Å². The third kappa shape index (κ3) is 6.85. The van der Waals surface area contributed by atoms with Gasteiger partial charge in [0.2, 0.25) is 0 Å². The number of piperidine rings is 1. The Morgan fingerprint density at radius 3 is 2.27 bits per heavy atom. The first-order valence-electron chi connectivity index (χ1n) is 11.1. The lowest BCUT2D eigenvalue weighted by Crippen LogP contribution is -2.34. The molecule has 0 unspecified atom stereocenters. The Hall–Kier alpha value is -2.37. The number of nitrogens with zero attached hydrogens (tertiary/aromatic N) is 1. The minimum Gasteiger partial charge on any atom is -0.490 e. The van der Waals surface area contributed by atoms with E-state index in [1.807, 2.05) is 6.92 Å². The Morgan fingerprint density at radius 2 is 1.70 bits per heavy atom. The minimum atomic E-state index is 0.250. The number of nitrogens with one attached hydrogen (secondary N) is 1. The fourth-order valence-corrected chi connectivity index (χ4v) is 3.34. The monoisotopic (exact) mass is 410 g/mol. The van der Waals surface area contributed by atoms with Gasteiger partial charge < -0.3 is 21.5 Å². The molecular weight excluding hydrogens is 372 g/mol. The zero-order valence-corrected chi connectivity index (χ0v) is 19.0. The van der Waals surface area contributed by atoms with Gasteiger partial charge in [-0.05, 0) is 82.9 Å². The van der Waals surface area contributed by atoms with Gasteiger partial charge in [0.1, 0.15) is 17.7 Å². The number of benzene rings is 2. The smallest absolute Gasteiger partial charge is 0.126 e. The molecule has 1 aliphatic heterocycles. The largest absolute Gasteiger partial charge is 0.490 e. The van der Waals surface area contributed by atoms with Gasteiger partial charge in [-0.3, -0.25) is 4.99 Å². The topological polar surface area (TPSA) is 85.7 Å². The van der Waals surface area contributed by atoms with Gasteiger partial charge >= 0.3 is 0 Å². The van der Waals surface area contributed by atoms with E-state index in [9.17, 15) is 0 Å². The van der Waals surface area contributed by atoms with Crippen molar-refractivity contribution in [2.24, 2.45) is 16.5 Å². The lowest BCUT2D eigenvalue weighted by atomic mass is 9.97. The number of aryl methyl sites for hydroxylation is 1. The molecule has 0 amide bonds. The standard InChI is InChI=1S/C22H29N3O.C3H9N/c1-4-25-22(23)20-13-18(17-7-5-15(2)6-8-17)14-21(16(20)3)26-19-9-11-24-12-10-19;1-2-3-4/h5-8,13-14,19,24H,4,9-12H2,1-3H3,(H2,23,25);2-4H2,1H3. The summed E-state index contributed by atoms with van der Waals surface area (Å²) < 4.78 is 6.39. The zero-order chi connectivity index (χ0) is 21.9. The number of hydrogen-bond acceptors (Lipinski definition) is 4. The number of amidine groups is 1. The first-order chi connectivity index (χ1) is 14.5. The molecule has 0 radical (unpaired) electrons. The molecule has 1 heterocycles. The van der Waals surface area contributed by atoms with Crippen molar-refractivity contribution >= 4 is 5.84 Å². The predicted molar refractivity (Wildman–Crippen MR) is 128 cm³/mol. The van der Waals surface area contributed by atoms with Crippen LogP contribution in [0.4, 0.5) is 0 Å². The molecule has 2 aromatic carbocycles. The summed E-state index contributed by atoms with van der Waals surface area (Å²) >= 11 is 0. The van der Waals surface area contributed by atoms with Crippen LogP contribution < -0.4 is 21.5 Å². The average molecular weight is 411 g/mol. The van der Waals surface area contributed by atoms with E-state index in [4.69, 9.17) is 16.2 Å². The molecule has 0 spiro atoms. The predicted octanol–water partition coefficient (Wildman–Crippen LogP) is 4.18. The van der Waals surface area contributed by atoms with Gasteiger partial charge in [-0.25, -0.2) is 0 Å². The molecule has 2 aromatic rings. The van der Waals surface area contributed by atoms with Crippen LogP contribution in [0.1, 0.15) is 49.8 Å². The Balaban J connectivity index is 0.000000735. The number of rotatable bonds is 6. The van der Waals surface area contributed by atoms with Gasteiger partial charge in [0.05, 0.1) is 0 Å². The van der Waals surface area contributed by atoms with Crippen LogP contribution in [0.5, 0.6) is 5.75 Å². The molecule has 5 heteroatoms. The number of nitrogens with two attached hydrogens (primary N) is 2. The summed E-state index contributed by atoms with van der Waals surface area (Å²) in [4.78, 5) is 4.42. The molecule has 5 N–H and O–H groups in total. The van der Waals surface area contributed by atoms with Crippen LogP contribution in [0, 0.1) is 13.8 Å². The van der Waals surface area contributed by atoms with Crippen LogP contribution in [0.25, 0.3) is 11.1 Å². The van der Waals surface area contributed by atoms with E-state index >= 15 is 0 Å². The second-order valence-corrected chi connectivity index (χ2v) is 7.73. The van der Waals surface area contributed by atoms with Gasteiger partial charge in [0.25, 0.3) is 0 Å². The summed E-state index contributed by atoms with van der Waals surface area (Å²) in [5.41, 5.74) is 16.8. The zero-order valence-electron chi connectivity index (χ0n) is 19.0. The van der Waals surface area contributed by atoms with Crippen molar-refractivity contribution in [1.82, 2.24) is 5.32 Å². The fraction of sp³-hybridized carbons (Fsp3) is 0.480. The molecule has 1 fully saturated rings. The minimum absolute atomic E-state index is 0.250. The van der Waals surface area contributed by atoms with Crippen molar-refractivity contribution in [3.63, 3.8) is 0 Å². The maximum atomic E-state index is 6.39. The molecule has 0 aromatic heterocycles. The highest BCUT2D eigenvalue weighted by Gasteiger charge is 2.18. The van der Waals surface area contributed by atoms with Crippen LogP contribution in [0.15, 0.2) is 41.4 Å². The maximum absolute atomic E-state index is 6.39. The third-order valence-corrected chi connectivity index (χ3v) is 5.22. The summed E-state index contributed by atoms with van der Waals surface area (Å²) in [5, 5.41) is 3.38. The van der Waals surface area contributed by atoms with Gasteiger partial charge in [0, 0.05) is 17.7 Å². The fourth-order valence-electron chi connectivity index (χ4n) is 3.34. The van der Waals surface area contributed by atoms with E-state index in [-0.39, 0.29) is 6.10 Å².